The number of hydrogen-bond acceptors (Lipinski definition) is 2. The van der Waals surface area contributed by atoms with E-state index in [4.69, 9.17) is 0 Å². The molecule has 1 saturated heterocycles. The van der Waals surface area contributed by atoms with Crippen molar-refractivity contribution >= 4 is 17.6 Å². The minimum absolute atomic E-state index is 0.0513. The molecule has 3 amide bonds. The first kappa shape index (κ1) is 15.8. The highest BCUT2D eigenvalue weighted by Crippen LogP contribution is 2.23. The van der Waals surface area contributed by atoms with Crippen LogP contribution in [0.1, 0.15) is 38.5 Å². The number of carbonyl (C=O) groups excluding carboxylic acids is 2. The second kappa shape index (κ2) is 7.02. The van der Waals surface area contributed by atoms with Crippen molar-refractivity contribution in [2.75, 3.05) is 18.5 Å². The lowest BCUT2D eigenvalue weighted by molar-refractivity contribution is -0.117. The predicted molar refractivity (Wildman–Crippen MR) is 90.4 cm³/mol. The van der Waals surface area contributed by atoms with Gasteiger partial charge in [-0.05, 0) is 25.0 Å². The molecule has 0 aromatic heterocycles. The molecule has 1 aromatic rings. The number of nitrogens with one attached hydrogen (secondary N) is 1. The largest absolute Gasteiger partial charge is 0.333 e. The number of urea groups is 1. The Labute approximate surface area is 137 Å². The quantitative estimate of drug-likeness (QED) is 0.932. The lowest BCUT2D eigenvalue weighted by Crippen LogP contribution is -2.48. The zero-order chi connectivity index (χ0) is 16.2. The van der Waals surface area contributed by atoms with Gasteiger partial charge in [-0.1, -0.05) is 37.5 Å². The molecule has 1 saturated carbocycles. The average molecular weight is 315 g/mol. The molecule has 1 heterocycles. The fraction of sp³-hybridized carbons (Fsp3) is 0.556. The van der Waals surface area contributed by atoms with Gasteiger partial charge >= 0.3 is 6.03 Å². The van der Waals surface area contributed by atoms with E-state index < -0.39 is 0 Å². The number of rotatable bonds is 3. The third-order valence-corrected chi connectivity index (χ3v) is 4.96. The Balaban J connectivity index is 1.56. The van der Waals surface area contributed by atoms with E-state index in [1.54, 1.807) is 4.90 Å². The number of nitrogens with zero attached hydrogens (tertiary/aromatic N) is 2. The molecule has 23 heavy (non-hydrogen) atoms. The van der Waals surface area contributed by atoms with Crippen LogP contribution >= 0.6 is 0 Å². The molecule has 1 unspecified atom stereocenters. The molecular formula is C18H25N3O2. The first-order chi connectivity index (χ1) is 11.1. The molecule has 1 N–H and O–H groups in total. The van der Waals surface area contributed by atoms with E-state index >= 15 is 0 Å². The third-order valence-electron chi connectivity index (χ3n) is 4.96. The van der Waals surface area contributed by atoms with Crippen LogP contribution in [0.2, 0.25) is 0 Å². The van der Waals surface area contributed by atoms with Crippen LogP contribution in [0.25, 0.3) is 0 Å². The molecule has 124 valence electrons. The summed E-state index contributed by atoms with van der Waals surface area (Å²) in [7, 11) is 1.87. The number of para-hydroxylation sites is 1. The molecule has 5 heteroatoms. The van der Waals surface area contributed by atoms with Crippen LogP contribution in [0.15, 0.2) is 30.3 Å². The van der Waals surface area contributed by atoms with Crippen molar-refractivity contribution in [2.24, 2.45) is 0 Å². The van der Waals surface area contributed by atoms with Gasteiger partial charge in [0.15, 0.2) is 0 Å². The van der Waals surface area contributed by atoms with Crippen molar-refractivity contribution in [3.63, 3.8) is 0 Å². The molecule has 5 nitrogen and oxygen atoms in total. The predicted octanol–water partition coefficient (Wildman–Crippen LogP) is 2.77. The summed E-state index contributed by atoms with van der Waals surface area (Å²) in [4.78, 5) is 28.2. The third kappa shape index (κ3) is 3.66. The standard InChI is InChI=1S/C18H25N3O2/c1-20(15-8-4-2-5-9-15)18(23)19-14-12-17(22)21(13-14)16-10-6-3-7-11-16/h3,6-7,10-11,14-15H,2,4-5,8-9,12-13H2,1H3,(H,19,23). The number of benzene rings is 1. The van der Waals surface area contributed by atoms with Gasteiger partial charge in [-0.2, -0.15) is 0 Å². The van der Waals surface area contributed by atoms with Crippen molar-refractivity contribution in [3.05, 3.63) is 30.3 Å². The van der Waals surface area contributed by atoms with E-state index in [0.29, 0.717) is 19.0 Å². The zero-order valence-electron chi connectivity index (χ0n) is 13.7. The molecule has 1 aromatic carbocycles. The van der Waals surface area contributed by atoms with Gasteiger partial charge in [0, 0.05) is 31.7 Å². The Morgan fingerprint density at radius 3 is 2.57 bits per heavy atom. The van der Waals surface area contributed by atoms with E-state index in [1.165, 1.54) is 19.3 Å². The van der Waals surface area contributed by atoms with Gasteiger partial charge < -0.3 is 15.1 Å². The van der Waals surface area contributed by atoms with Gasteiger partial charge in [-0.25, -0.2) is 4.79 Å². The smallest absolute Gasteiger partial charge is 0.317 e. The molecule has 3 rings (SSSR count). The van der Waals surface area contributed by atoms with Crippen molar-refractivity contribution < 1.29 is 9.59 Å². The molecule has 0 spiro atoms. The summed E-state index contributed by atoms with van der Waals surface area (Å²) in [5.74, 6) is 0.0711. The summed E-state index contributed by atoms with van der Waals surface area (Å²) in [5, 5.41) is 3.03. The zero-order valence-corrected chi connectivity index (χ0v) is 13.7. The van der Waals surface area contributed by atoms with Crippen molar-refractivity contribution in [3.8, 4) is 0 Å². The summed E-state index contributed by atoms with van der Waals surface area (Å²) < 4.78 is 0. The normalized spacial score (nSPS) is 22.2. The average Bonchev–Trinajstić information content (AvgIpc) is 2.96. The first-order valence-electron chi connectivity index (χ1n) is 8.54. The molecular weight excluding hydrogens is 290 g/mol. The molecule has 0 bridgehead atoms. The molecule has 2 aliphatic rings. The monoisotopic (exact) mass is 315 g/mol. The van der Waals surface area contributed by atoms with Crippen LogP contribution in [0, 0.1) is 0 Å². The highest BCUT2D eigenvalue weighted by molar-refractivity contribution is 5.96. The number of hydrogen-bond donors (Lipinski definition) is 1. The number of carbonyl (C=O) groups is 2. The second-order valence-electron chi connectivity index (χ2n) is 6.59. The van der Waals surface area contributed by atoms with Gasteiger partial charge in [0.25, 0.3) is 0 Å². The SMILES string of the molecule is CN(C(=O)NC1CC(=O)N(c2ccccc2)C1)C1CCCCC1. The van der Waals surface area contributed by atoms with Crippen LogP contribution < -0.4 is 10.2 Å². The fourth-order valence-electron chi connectivity index (χ4n) is 3.57. The lowest BCUT2D eigenvalue weighted by atomic mass is 9.95. The summed E-state index contributed by atoms with van der Waals surface area (Å²) in [6, 6.07) is 9.81. The van der Waals surface area contributed by atoms with Gasteiger partial charge in [0.05, 0.1) is 6.04 Å². The Morgan fingerprint density at radius 1 is 1.17 bits per heavy atom. The van der Waals surface area contributed by atoms with Gasteiger partial charge in [-0.15, -0.1) is 0 Å². The van der Waals surface area contributed by atoms with Crippen LogP contribution in [-0.2, 0) is 4.79 Å². The molecule has 2 fully saturated rings. The van der Waals surface area contributed by atoms with Gasteiger partial charge in [-0.3, -0.25) is 4.79 Å². The van der Waals surface area contributed by atoms with Crippen LogP contribution in [0.3, 0.4) is 0 Å². The first-order valence-corrected chi connectivity index (χ1v) is 8.54. The fourth-order valence-corrected chi connectivity index (χ4v) is 3.57. The minimum atomic E-state index is -0.110. The maximum absolute atomic E-state index is 12.4. The van der Waals surface area contributed by atoms with Crippen molar-refractivity contribution in [2.45, 2.75) is 50.6 Å². The second-order valence-corrected chi connectivity index (χ2v) is 6.59. The lowest BCUT2D eigenvalue weighted by Gasteiger charge is -2.32. The number of amides is 3. The highest BCUT2D eigenvalue weighted by atomic mass is 16.2. The van der Waals surface area contributed by atoms with Crippen LogP contribution in [-0.4, -0.2) is 42.5 Å². The van der Waals surface area contributed by atoms with Crippen molar-refractivity contribution in [1.29, 1.82) is 0 Å². The molecule has 0 radical (unpaired) electrons. The molecule has 1 aliphatic heterocycles. The van der Waals surface area contributed by atoms with Crippen LogP contribution in [0.5, 0.6) is 0 Å². The Morgan fingerprint density at radius 2 is 1.87 bits per heavy atom. The minimum Gasteiger partial charge on any atom is -0.333 e. The topological polar surface area (TPSA) is 52.7 Å². The maximum Gasteiger partial charge on any atom is 0.317 e. The van der Waals surface area contributed by atoms with E-state index in [9.17, 15) is 9.59 Å². The molecule has 1 aliphatic carbocycles. The van der Waals surface area contributed by atoms with Crippen molar-refractivity contribution in [1.82, 2.24) is 10.2 Å². The van der Waals surface area contributed by atoms with E-state index in [-0.39, 0.29) is 18.0 Å². The number of anilines is 1. The highest BCUT2D eigenvalue weighted by Gasteiger charge is 2.33. The van der Waals surface area contributed by atoms with Crippen LogP contribution in [0.4, 0.5) is 10.5 Å². The van der Waals surface area contributed by atoms with E-state index in [2.05, 4.69) is 5.32 Å². The Hall–Kier alpha value is -2.04. The van der Waals surface area contributed by atoms with E-state index in [1.807, 2.05) is 42.3 Å². The molecule has 1 atom stereocenters. The summed E-state index contributed by atoms with van der Waals surface area (Å²) in [6.45, 7) is 0.549. The summed E-state index contributed by atoms with van der Waals surface area (Å²) in [5.41, 5.74) is 0.898. The Kier molecular flexibility index (Phi) is 4.84. The van der Waals surface area contributed by atoms with E-state index in [0.717, 1.165) is 18.5 Å². The summed E-state index contributed by atoms with van der Waals surface area (Å²) >= 11 is 0. The van der Waals surface area contributed by atoms with Gasteiger partial charge in [0.2, 0.25) is 5.91 Å². The summed E-state index contributed by atoms with van der Waals surface area (Å²) in [6.07, 6.45) is 6.22. The maximum atomic E-state index is 12.4. The van der Waals surface area contributed by atoms with Gasteiger partial charge in [0.1, 0.15) is 0 Å². The Bertz CT molecular complexity index is 555.